The van der Waals surface area contributed by atoms with Crippen LogP contribution in [0.25, 0.3) is 11.0 Å². The van der Waals surface area contributed by atoms with Gasteiger partial charge in [0.15, 0.2) is 0 Å². The van der Waals surface area contributed by atoms with E-state index in [1.54, 1.807) is 6.33 Å². The van der Waals surface area contributed by atoms with Gasteiger partial charge in [-0.1, -0.05) is 25.1 Å². The number of aromatic nitrogens is 3. The van der Waals surface area contributed by atoms with Crippen molar-refractivity contribution in [3.63, 3.8) is 0 Å². The Labute approximate surface area is 155 Å². The van der Waals surface area contributed by atoms with Crippen molar-refractivity contribution in [2.45, 2.75) is 54.2 Å². The fourth-order valence-electron chi connectivity index (χ4n) is 3.86. The molecule has 2 aromatic heterocycles. The number of hydrogen-bond acceptors (Lipinski definition) is 3. The van der Waals surface area contributed by atoms with E-state index < -0.39 is 0 Å². The van der Waals surface area contributed by atoms with Crippen molar-refractivity contribution >= 4 is 11.0 Å². The van der Waals surface area contributed by atoms with Crippen LogP contribution in [0.3, 0.4) is 0 Å². The topological polar surface area (TPSA) is 39.9 Å². The van der Waals surface area contributed by atoms with Crippen molar-refractivity contribution in [3.05, 3.63) is 52.5 Å². The van der Waals surface area contributed by atoms with Crippen LogP contribution < -0.4 is 4.74 Å². The number of benzene rings is 1. The number of aryl methyl sites for hydroxylation is 3. The minimum atomic E-state index is 0.535. The van der Waals surface area contributed by atoms with Crippen LogP contribution in [0.1, 0.15) is 41.3 Å². The highest BCUT2D eigenvalue weighted by atomic mass is 16.5. The van der Waals surface area contributed by atoms with Crippen LogP contribution >= 0.6 is 0 Å². The third kappa shape index (κ3) is 2.87. The summed E-state index contributed by atoms with van der Waals surface area (Å²) in [5.41, 5.74) is 8.32. The molecule has 0 N–H and O–H groups in total. The average molecular weight is 349 g/mol. The summed E-state index contributed by atoms with van der Waals surface area (Å²) in [7, 11) is 0. The van der Waals surface area contributed by atoms with Gasteiger partial charge in [-0.3, -0.25) is 0 Å². The van der Waals surface area contributed by atoms with Gasteiger partial charge in [0.05, 0.1) is 5.52 Å². The molecule has 0 aliphatic heterocycles. The molecule has 1 aliphatic rings. The second-order valence-electron chi connectivity index (χ2n) is 7.83. The van der Waals surface area contributed by atoms with Crippen LogP contribution in [0.15, 0.2) is 24.5 Å². The van der Waals surface area contributed by atoms with Gasteiger partial charge >= 0.3 is 0 Å². The molecule has 4 heteroatoms. The van der Waals surface area contributed by atoms with Gasteiger partial charge in [0.25, 0.3) is 0 Å². The van der Waals surface area contributed by atoms with Gasteiger partial charge in [-0.15, -0.1) is 0 Å². The first kappa shape index (κ1) is 17.1. The number of hydrogen-bond donors (Lipinski definition) is 0. The molecule has 0 amide bonds. The van der Waals surface area contributed by atoms with Crippen molar-refractivity contribution in [1.82, 2.24) is 14.5 Å². The molecule has 0 bridgehead atoms. The molecule has 0 spiro atoms. The highest BCUT2D eigenvalue weighted by Crippen LogP contribution is 2.41. The lowest BCUT2D eigenvalue weighted by Gasteiger charge is -2.13. The highest BCUT2D eigenvalue weighted by molar-refractivity contribution is 5.85. The first-order valence-corrected chi connectivity index (χ1v) is 9.45. The molecule has 1 saturated carbocycles. The van der Waals surface area contributed by atoms with Crippen LogP contribution in [-0.4, -0.2) is 14.5 Å². The molecule has 26 heavy (non-hydrogen) atoms. The Bertz CT molecular complexity index is 953. The summed E-state index contributed by atoms with van der Waals surface area (Å²) >= 11 is 0. The molecule has 1 aromatic carbocycles. The third-order valence-electron chi connectivity index (χ3n) is 6.05. The summed E-state index contributed by atoms with van der Waals surface area (Å²) in [5, 5.41) is 0. The molecule has 136 valence electrons. The summed E-state index contributed by atoms with van der Waals surface area (Å²) in [4.78, 5) is 9.04. The largest absolute Gasteiger partial charge is 0.471 e. The summed E-state index contributed by atoms with van der Waals surface area (Å²) < 4.78 is 8.61. The number of rotatable bonds is 5. The predicted octanol–water partition coefficient (Wildman–Crippen LogP) is 4.90. The smallest absolute Gasteiger partial charge is 0.242 e. The number of nitrogens with zero attached hydrogens (tertiary/aromatic N) is 3. The Hall–Kier alpha value is -2.36. The van der Waals surface area contributed by atoms with E-state index in [0.717, 1.165) is 29.4 Å². The summed E-state index contributed by atoms with van der Waals surface area (Å²) in [6, 6.07) is 6.35. The van der Waals surface area contributed by atoms with Gasteiger partial charge in [0.2, 0.25) is 5.88 Å². The summed E-state index contributed by atoms with van der Waals surface area (Å²) in [6.45, 7) is 12.5. The molecule has 1 aliphatic carbocycles. The lowest BCUT2D eigenvalue weighted by atomic mass is 10.0. The van der Waals surface area contributed by atoms with Crippen molar-refractivity contribution in [3.8, 4) is 5.88 Å². The maximum Gasteiger partial charge on any atom is 0.242 e. The summed E-state index contributed by atoms with van der Waals surface area (Å²) in [6.07, 6.45) is 2.93. The molecule has 2 unspecified atom stereocenters. The van der Waals surface area contributed by atoms with Gasteiger partial charge in [0, 0.05) is 12.2 Å². The molecular formula is C22H27N3O. The quantitative estimate of drug-likeness (QED) is 0.658. The Morgan fingerprint density at radius 1 is 1.12 bits per heavy atom. The first-order valence-electron chi connectivity index (χ1n) is 9.45. The summed E-state index contributed by atoms with van der Waals surface area (Å²) in [5.74, 6) is 2.27. The molecular weight excluding hydrogens is 322 g/mol. The maximum atomic E-state index is 6.23. The number of fused-ring (bicyclic) bond motifs is 1. The zero-order valence-corrected chi connectivity index (χ0v) is 16.3. The fourth-order valence-corrected chi connectivity index (χ4v) is 3.86. The van der Waals surface area contributed by atoms with Crippen LogP contribution in [-0.2, 0) is 13.2 Å². The molecule has 4 rings (SSSR count). The van der Waals surface area contributed by atoms with E-state index in [2.05, 4.69) is 67.4 Å². The van der Waals surface area contributed by atoms with Gasteiger partial charge in [-0.25, -0.2) is 4.98 Å². The lowest BCUT2D eigenvalue weighted by Crippen LogP contribution is -2.07. The van der Waals surface area contributed by atoms with Crippen molar-refractivity contribution < 1.29 is 4.74 Å². The molecule has 1 fully saturated rings. The van der Waals surface area contributed by atoms with Crippen LogP contribution in [0.5, 0.6) is 5.88 Å². The van der Waals surface area contributed by atoms with E-state index in [-0.39, 0.29) is 0 Å². The molecule has 2 atom stereocenters. The van der Waals surface area contributed by atoms with Crippen LogP contribution in [0.4, 0.5) is 0 Å². The van der Waals surface area contributed by atoms with E-state index in [0.29, 0.717) is 12.5 Å². The average Bonchev–Trinajstić information content (AvgIpc) is 3.26. The Balaban J connectivity index is 1.72. The second-order valence-corrected chi connectivity index (χ2v) is 7.83. The van der Waals surface area contributed by atoms with E-state index in [9.17, 15) is 0 Å². The van der Waals surface area contributed by atoms with Crippen molar-refractivity contribution in [2.75, 3.05) is 0 Å². The van der Waals surface area contributed by atoms with E-state index >= 15 is 0 Å². The van der Waals surface area contributed by atoms with Gasteiger partial charge in [-0.05, 0) is 68.2 Å². The zero-order valence-electron chi connectivity index (χ0n) is 16.3. The SMILES string of the molecule is Cc1cccc(C)c1COc1ncnc2c(C)c(C)n(CC3CC3C)c12. The molecule has 0 saturated heterocycles. The normalized spacial score (nSPS) is 19.1. The third-order valence-corrected chi connectivity index (χ3v) is 6.05. The van der Waals surface area contributed by atoms with E-state index in [1.807, 2.05) is 0 Å². The highest BCUT2D eigenvalue weighted by Gasteiger charge is 2.34. The number of ether oxygens (including phenoxy) is 1. The minimum Gasteiger partial charge on any atom is -0.471 e. The van der Waals surface area contributed by atoms with Gasteiger partial charge < -0.3 is 9.30 Å². The lowest BCUT2D eigenvalue weighted by molar-refractivity contribution is 0.294. The second kappa shape index (κ2) is 6.42. The fraction of sp³-hybridized carbons (Fsp3) is 0.455. The Morgan fingerprint density at radius 2 is 1.81 bits per heavy atom. The Morgan fingerprint density at radius 3 is 2.46 bits per heavy atom. The zero-order chi connectivity index (χ0) is 18.4. The van der Waals surface area contributed by atoms with Gasteiger partial charge in [0.1, 0.15) is 18.5 Å². The predicted molar refractivity (Wildman–Crippen MR) is 105 cm³/mol. The standard InChI is InChI=1S/C22H27N3O/c1-13-7-6-8-14(2)19(13)11-26-22-21-20(23-12-24-22)16(4)17(5)25(21)10-18-9-15(18)3/h6-8,12,15,18H,9-11H2,1-5H3. The monoisotopic (exact) mass is 349 g/mol. The van der Waals surface area contributed by atoms with Crippen LogP contribution in [0.2, 0.25) is 0 Å². The minimum absolute atomic E-state index is 0.535. The molecule has 3 aromatic rings. The molecule has 2 heterocycles. The first-order chi connectivity index (χ1) is 12.5. The molecule has 4 nitrogen and oxygen atoms in total. The van der Waals surface area contributed by atoms with E-state index in [4.69, 9.17) is 4.74 Å². The van der Waals surface area contributed by atoms with Crippen molar-refractivity contribution in [1.29, 1.82) is 0 Å². The molecule has 0 radical (unpaired) electrons. The van der Waals surface area contributed by atoms with E-state index in [1.165, 1.54) is 34.4 Å². The van der Waals surface area contributed by atoms with Crippen LogP contribution in [0, 0.1) is 39.5 Å². The Kier molecular flexibility index (Phi) is 4.22. The maximum absolute atomic E-state index is 6.23. The van der Waals surface area contributed by atoms with Gasteiger partial charge in [-0.2, -0.15) is 4.98 Å². The van der Waals surface area contributed by atoms with Crippen molar-refractivity contribution in [2.24, 2.45) is 11.8 Å².